The van der Waals surface area contributed by atoms with Crippen molar-refractivity contribution in [1.82, 2.24) is 5.32 Å². The number of ether oxygens (including phenoxy) is 2. The zero-order valence-electron chi connectivity index (χ0n) is 8.66. The molecule has 1 N–H and O–H groups in total. The zero-order valence-corrected chi connectivity index (χ0v) is 8.66. The van der Waals surface area contributed by atoms with E-state index >= 15 is 0 Å². The molecule has 1 saturated heterocycles. The van der Waals surface area contributed by atoms with Gasteiger partial charge in [0, 0.05) is 13.0 Å². The van der Waals surface area contributed by atoms with E-state index in [0.717, 1.165) is 0 Å². The first-order valence-corrected chi connectivity index (χ1v) is 4.46. The van der Waals surface area contributed by atoms with Crippen LogP contribution in [0, 0.1) is 5.41 Å². The van der Waals surface area contributed by atoms with Crippen molar-refractivity contribution in [1.29, 1.82) is 0 Å². The maximum Gasteiger partial charge on any atom is 0.314 e. The Morgan fingerprint density at radius 2 is 2.07 bits per heavy atom. The highest BCUT2D eigenvalue weighted by Gasteiger charge is 2.48. The highest BCUT2D eigenvalue weighted by Crippen LogP contribution is 2.32. The molecule has 1 amide bonds. The molecule has 0 aromatic heterocycles. The minimum Gasteiger partial charge on any atom is -0.469 e. The van der Waals surface area contributed by atoms with Crippen molar-refractivity contribution in [3.8, 4) is 0 Å². The number of carbonyl (C=O) groups is 3. The molecule has 84 valence electrons. The Morgan fingerprint density at radius 3 is 2.47 bits per heavy atom. The van der Waals surface area contributed by atoms with Gasteiger partial charge in [0.15, 0.2) is 0 Å². The number of amides is 1. The number of hydrogen-bond acceptors (Lipinski definition) is 5. The number of nitrogens with one attached hydrogen (secondary N) is 1. The molecule has 0 spiro atoms. The average molecular weight is 215 g/mol. The summed E-state index contributed by atoms with van der Waals surface area (Å²) in [5.74, 6) is -1.35. The van der Waals surface area contributed by atoms with Crippen LogP contribution in [0.15, 0.2) is 0 Å². The van der Waals surface area contributed by atoms with Gasteiger partial charge in [0.1, 0.15) is 5.41 Å². The summed E-state index contributed by atoms with van der Waals surface area (Å²) in [5, 5.41) is 2.51. The summed E-state index contributed by atoms with van der Waals surface area (Å²) >= 11 is 0. The van der Waals surface area contributed by atoms with Gasteiger partial charge in [-0.05, 0) is 0 Å². The van der Waals surface area contributed by atoms with Gasteiger partial charge in [-0.1, -0.05) is 0 Å². The van der Waals surface area contributed by atoms with Gasteiger partial charge in [0.05, 0.1) is 20.6 Å². The van der Waals surface area contributed by atoms with E-state index in [1.54, 1.807) is 0 Å². The second-order valence-electron chi connectivity index (χ2n) is 3.48. The van der Waals surface area contributed by atoms with E-state index in [0.29, 0.717) is 0 Å². The summed E-state index contributed by atoms with van der Waals surface area (Å²) in [4.78, 5) is 33.7. The van der Waals surface area contributed by atoms with Crippen LogP contribution in [-0.4, -0.2) is 38.6 Å². The Hall–Kier alpha value is -1.59. The molecule has 1 aliphatic rings. The molecule has 1 rings (SSSR count). The fourth-order valence-corrected chi connectivity index (χ4v) is 1.61. The number of hydrogen-bond donors (Lipinski definition) is 1. The van der Waals surface area contributed by atoms with Crippen LogP contribution in [0.5, 0.6) is 0 Å². The largest absolute Gasteiger partial charge is 0.469 e. The predicted octanol–water partition coefficient (Wildman–Crippen LogP) is -0.771. The molecule has 6 nitrogen and oxygen atoms in total. The summed E-state index contributed by atoms with van der Waals surface area (Å²) in [7, 11) is 2.46. The van der Waals surface area contributed by atoms with Gasteiger partial charge in [0.25, 0.3) is 0 Å². The van der Waals surface area contributed by atoms with Gasteiger partial charge in [-0.15, -0.1) is 0 Å². The molecule has 0 aliphatic carbocycles. The van der Waals surface area contributed by atoms with Gasteiger partial charge in [0.2, 0.25) is 5.91 Å². The molecular weight excluding hydrogens is 202 g/mol. The van der Waals surface area contributed by atoms with Crippen LogP contribution in [0.1, 0.15) is 12.8 Å². The van der Waals surface area contributed by atoms with E-state index in [2.05, 4.69) is 14.8 Å². The van der Waals surface area contributed by atoms with Gasteiger partial charge in [-0.25, -0.2) is 0 Å². The van der Waals surface area contributed by atoms with E-state index < -0.39 is 17.4 Å². The molecule has 6 heteroatoms. The molecular formula is C9H13NO5. The lowest BCUT2D eigenvalue weighted by atomic mass is 9.83. The van der Waals surface area contributed by atoms with Crippen molar-refractivity contribution < 1.29 is 23.9 Å². The highest BCUT2D eigenvalue weighted by molar-refractivity contribution is 5.92. The average Bonchev–Trinajstić information content (AvgIpc) is 2.59. The second kappa shape index (κ2) is 4.29. The van der Waals surface area contributed by atoms with Gasteiger partial charge >= 0.3 is 11.9 Å². The Balaban J connectivity index is 2.82. The smallest absolute Gasteiger partial charge is 0.314 e. The Bertz CT molecular complexity index is 301. The topological polar surface area (TPSA) is 81.7 Å². The highest BCUT2D eigenvalue weighted by atomic mass is 16.5. The van der Waals surface area contributed by atoms with E-state index in [4.69, 9.17) is 0 Å². The number of esters is 2. The lowest BCUT2D eigenvalue weighted by molar-refractivity contribution is -0.158. The van der Waals surface area contributed by atoms with E-state index in [1.165, 1.54) is 14.2 Å². The summed E-state index contributed by atoms with van der Waals surface area (Å²) in [6.07, 6.45) is -0.177. The molecule has 1 fully saturated rings. The minimum atomic E-state index is -1.10. The number of carbonyl (C=O) groups excluding carboxylic acids is 3. The van der Waals surface area contributed by atoms with Crippen LogP contribution < -0.4 is 5.32 Å². The van der Waals surface area contributed by atoms with Crippen LogP contribution in [0.2, 0.25) is 0 Å². The quantitative estimate of drug-likeness (QED) is 0.625. The molecule has 0 saturated carbocycles. The summed E-state index contributed by atoms with van der Waals surface area (Å²) in [6, 6.07) is 0. The van der Waals surface area contributed by atoms with E-state index in [1.807, 2.05) is 0 Å². The molecule has 15 heavy (non-hydrogen) atoms. The van der Waals surface area contributed by atoms with Crippen molar-refractivity contribution in [2.75, 3.05) is 20.8 Å². The van der Waals surface area contributed by atoms with Crippen LogP contribution in [0.25, 0.3) is 0 Å². The summed E-state index contributed by atoms with van der Waals surface area (Å²) in [6.45, 7) is 0.119. The maximum absolute atomic E-state index is 11.5. The van der Waals surface area contributed by atoms with Crippen molar-refractivity contribution in [3.05, 3.63) is 0 Å². The van der Waals surface area contributed by atoms with E-state index in [9.17, 15) is 14.4 Å². The third kappa shape index (κ3) is 2.26. The summed E-state index contributed by atoms with van der Waals surface area (Å²) < 4.78 is 9.07. The monoisotopic (exact) mass is 215 g/mol. The Kier molecular flexibility index (Phi) is 3.28. The molecule has 1 unspecified atom stereocenters. The molecule has 1 aliphatic heterocycles. The van der Waals surface area contributed by atoms with Crippen LogP contribution >= 0.6 is 0 Å². The molecule has 0 aromatic rings. The van der Waals surface area contributed by atoms with Crippen LogP contribution in [-0.2, 0) is 23.9 Å². The Morgan fingerprint density at radius 1 is 1.40 bits per heavy atom. The zero-order chi connectivity index (χ0) is 11.5. The molecule has 1 atom stereocenters. The minimum absolute atomic E-state index is 0.0330. The summed E-state index contributed by atoms with van der Waals surface area (Å²) in [5.41, 5.74) is -1.10. The van der Waals surface area contributed by atoms with Gasteiger partial charge < -0.3 is 14.8 Å². The third-order valence-corrected chi connectivity index (χ3v) is 2.45. The molecule has 0 aromatic carbocycles. The lowest BCUT2D eigenvalue weighted by Crippen LogP contribution is -2.37. The van der Waals surface area contributed by atoms with Crippen molar-refractivity contribution in [2.24, 2.45) is 5.41 Å². The van der Waals surface area contributed by atoms with Crippen LogP contribution in [0.4, 0.5) is 0 Å². The van der Waals surface area contributed by atoms with Gasteiger partial charge in [-0.2, -0.15) is 0 Å². The molecule has 1 heterocycles. The van der Waals surface area contributed by atoms with Crippen LogP contribution in [0.3, 0.4) is 0 Å². The van der Waals surface area contributed by atoms with Gasteiger partial charge in [-0.3, -0.25) is 14.4 Å². The first-order valence-electron chi connectivity index (χ1n) is 4.46. The van der Waals surface area contributed by atoms with Crippen molar-refractivity contribution in [2.45, 2.75) is 12.8 Å². The fraction of sp³-hybridized carbons (Fsp3) is 0.667. The maximum atomic E-state index is 11.5. The standard InChI is InChI=1S/C9H13NO5/c1-14-7(12)4-9(8(13)15-2)3-6(11)10-5-9/h3-5H2,1-2H3,(H,10,11). The van der Waals surface area contributed by atoms with E-state index in [-0.39, 0.29) is 25.3 Å². The number of methoxy groups -OCH3 is 2. The lowest BCUT2D eigenvalue weighted by Gasteiger charge is -2.22. The third-order valence-electron chi connectivity index (χ3n) is 2.45. The second-order valence-corrected chi connectivity index (χ2v) is 3.48. The first kappa shape index (κ1) is 11.5. The van der Waals surface area contributed by atoms with Crippen molar-refractivity contribution >= 4 is 17.8 Å². The molecule has 0 bridgehead atoms. The Labute approximate surface area is 86.9 Å². The predicted molar refractivity (Wildman–Crippen MR) is 48.7 cm³/mol. The SMILES string of the molecule is COC(=O)CC1(C(=O)OC)CNC(=O)C1. The fourth-order valence-electron chi connectivity index (χ4n) is 1.61. The normalized spacial score (nSPS) is 24.5. The number of rotatable bonds is 3. The molecule has 0 radical (unpaired) electrons. The van der Waals surface area contributed by atoms with Crippen molar-refractivity contribution in [3.63, 3.8) is 0 Å². The first-order chi connectivity index (χ1) is 7.04.